The van der Waals surface area contributed by atoms with Gasteiger partial charge in [0.15, 0.2) is 0 Å². The van der Waals surface area contributed by atoms with Crippen LogP contribution in [-0.4, -0.2) is 60.9 Å². The van der Waals surface area contributed by atoms with E-state index in [1.54, 1.807) is 27.6 Å². The quantitative estimate of drug-likeness (QED) is 0.817. The van der Waals surface area contributed by atoms with Crippen molar-refractivity contribution in [3.05, 3.63) is 28.6 Å². The predicted octanol–water partition coefficient (Wildman–Crippen LogP) is 1.52. The molecule has 3 rings (SSSR count). The number of rotatable bonds is 4. The van der Waals surface area contributed by atoms with Crippen molar-refractivity contribution in [3.63, 3.8) is 0 Å². The van der Waals surface area contributed by atoms with Crippen molar-refractivity contribution < 1.29 is 13.2 Å². The van der Waals surface area contributed by atoms with Gasteiger partial charge < -0.3 is 4.90 Å². The maximum Gasteiger partial charge on any atom is 0.228 e. The highest BCUT2D eigenvalue weighted by molar-refractivity contribution is 7.88. The zero-order valence-corrected chi connectivity index (χ0v) is 15.1. The Bertz CT molecular complexity index is 775. The number of carbonyl (C=O) groups excluding carboxylic acids is 1. The third kappa shape index (κ3) is 3.97. The summed E-state index contributed by atoms with van der Waals surface area (Å²) in [6, 6.07) is 3.99. The highest BCUT2D eigenvalue weighted by Crippen LogP contribution is 2.28. The van der Waals surface area contributed by atoms with Crippen molar-refractivity contribution in [2.24, 2.45) is 0 Å². The topological polar surface area (TPSA) is 70.6 Å². The van der Waals surface area contributed by atoms with Crippen molar-refractivity contribution in [2.75, 3.05) is 32.4 Å². The van der Waals surface area contributed by atoms with Gasteiger partial charge in [-0.2, -0.15) is 4.31 Å². The number of sulfonamides is 1. The molecule has 1 fully saturated rings. The van der Waals surface area contributed by atoms with Crippen LogP contribution in [0.1, 0.15) is 5.69 Å². The van der Waals surface area contributed by atoms with E-state index in [2.05, 4.69) is 4.98 Å². The number of hydrogen-bond acceptors (Lipinski definition) is 6. The Balaban J connectivity index is 1.58. The average molecular weight is 372 g/mol. The molecule has 0 unspecified atom stereocenters. The number of piperazine rings is 1. The zero-order chi connectivity index (χ0) is 16.4. The van der Waals surface area contributed by atoms with Crippen LogP contribution >= 0.6 is 22.7 Å². The van der Waals surface area contributed by atoms with E-state index in [1.165, 1.54) is 10.6 Å². The highest BCUT2D eigenvalue weighted by atomic mass is 32.2. The number of nitrogens with zero attached hydrogens (tertiary/aromatic N) is 3. The van der Waals surface area contributed by atoms with Crippen molar-refractivity contribution in [2.45, 2.75) is 6.42 Å². The number of carbonyl (C=O) groups is 1. The molecule has 1 saturated heterocycles. The first-order valence-electron chi connectivity index (χ1n) is 7.14. The fourth-order valence-corrected chi connectivity index (χ4v) is 4.90. The summed E-state index contributed by atoms with van der Waals surface area (Å²) in [5.41, 5.74) is 0.772. The Labute approximate surface area is 143 Å². The summed E-state index contributed by atoms with van der Waals surface area (Å²) >= 11 is 3.17. The first-order valence-corrected chi connectivity index (χ1v) is 10.8. The Morgan fingerprint density at radius 2 is 2.00 bits per heavy atom. The molecule has 0 N–H and O–H groups in total. The predicted molar refractivity (Wildman–Crippen MR) is 92.1 cm³/mol. The van der Waals surface area contributed by atoms with E-state index >= 15 is 0 Å². The fraction of sp³-hybridized carbons (Fsp3) is 0.429. The van der Waals surface area contributed by atoms with E-state index in [1.807, 2.05) is 22.9 Å². The van der Waals surface area contributed by atoms with Gasteiger partial charge in [-0.3, -0.25) is 4.79 Å². The van der Waals surface area contributed by atoms with Gasteiger partial charge in [-0.25, -0.2) is 13.4 Å². The number of thiophene rings is 1. The summed E-state index contributed by atoms with van der Waals surface area (Å²) in [6.45, 7) is 1.60. The maximum absolute atomic E-state index is 12.3. The summed E-state index contributed by atoms with van der Waals surface area (Å²) in [5.74, 6) is 0.00109. The summed E-state index contributed by atoms with van der Waals surface area (Å²) in [4.78, 5) is 19.7. The van der Waals surface area contributed by atoms with E-state index in [0.717, 1.165) is 15.6 Å². The molecule has 0 spiro atoms. The third-order valence-electron chi connectivity index (χ3n) is 3.68. The van der Waals surface area contributed by atoms with E-state index in [9.17, 15) is 13.2 Å². The summed E-state index contributed by atoms with van der Waals surface area (Å²) in [6.07, 6.45) is 1.46. The summed E-state index contributed by atoms with van der Waals surface area (Å²) < 4.78 is 24.4. The highest BCUT2D eigenvalue weighted by Gasteiger charge is 2.26. The standard InChI is InChI=1S/C14H17N3O3S3/c1-23(19,20)17-6-4-16(5-7-17)13(18)9-11-10-22-14(15-11)12-3-2-8-21-12/h2-3,8,10H,4-7,9H2,1H3. The second kappa shape index (κ2) is 6.68. The van der Waals surface area contributed by atoms with E-state index in [-0.39, 0.29) is 12.3 Å². The zero-order valence-electron chi connectivity index (χ0n) is 12.6. The van der Waals surface area contributed by atoms with Gasteiger partial charge in [0.05, 0.1) is 23.2 Å². The third-order valence-corrected chi connectivity index (χ3v) is 6.91. The molecule has 1 aliphatic rings. The molecule has 1 amide bonds. The molecular weight excluding hydrogens is 354 g/mol. The average Bonchev–Trinajstić information content (AvgIpc) is 3.17. The Hall–Kier alpha value is -1.29. The second-order valence-corrected chi connectivity index (χ2v) is 9.13. The molecule has 6 nitrogen and oxygen atoms in total. The van der Waals surface area contributed by atoms with E-state index in [4.69, 9.17) is 0 Å². The van der Waals surface area contributed by atoms with Gasteiger partial charge in [0.25, 0.3) is 0 Å². The minimum Gasteiger partial charge on any atom is -0.340 e. The van der Waals surface area contributed by atoms with Crippen LogP contribution < -0.4 is 0 Å². The number of aromatic nitrogens is 1. The number of hydrogen-bond donors (Lipinski definition) is 0. The number of amides is 1. The Kier molecular flexibility index (Phi) is 4.81. The van der Waals surface area contributed by atoms with Crippen LogP contribution in [0.5, 0.6) is 0 Å². The minimum absolute atomic E-state index is 0.00109. The van der Waals surface area contributed by atoms with Crippen molar-refractivity contribution in [3.8, 4) is 9.88 Å². The molecule has 124 valence electrons. The molecule has 2 aromatic rings. The molecule has 2 aromatic heterocycles. The van der Waals surface area contributed by atoms with Crippen LogP contribution in [0.25, 0.3) is 9.88 Å². The van der Waals surface area contributed by atoms with Gasteiger partial charge >= 0.3 is 0 Å². The van der Waals surface area contributed by atoms with E-state index < -0.39 is 10.0 Å². The van der Waals surface area contributed by atoms with Crippen LogP contribution in [0, 0.1) is 0 Å². The first-order chi connectivity index (χ1) is 10.9. The van der Waals surface area contributed by atoms with Gasteiger partial charge in [-0.05, 0) is 11.4 Å². The second-order valence-electron chi connectivity index (χ2n) is 5.34. The van der Waals surface area contributed by atoms with E-state index in [0.29, 0.717) is 26.2 Å². The van der Waals surface area contributed by atoms with Gasteiger partial charge in [0, 0.05) is 31.6 Å². The summed E-state index contributed by atoms with van der Waals surface area (Å²) in [5, 5.41) is 4.85. The maximum atomic E-state index is 12.3. The molecule has 9 heteroatoms. The fourth-order valence-electron chi connectivity index (χ4n) is 2.44. The lowest BCUT2D eigenvalue weighted by Crippen LogP contribution is -2.50. The molecule has 0 atom stereocenters. The molecule has 0 saturated carbocycles. The molecule has 0 aromatic carbocycles. The molecule has 0 aliphatic carbocycles. The van der Waals surface area contributed by atoms with Crippen LogP contribution in [-0.2, 0) is 21.2 Å². The Morgan fingerprint density at radius 3 is 2.61 bits per heavy atom. The van der Waals surface area contributed by atoms with Crippen LogP contribution in [0.2, 0.25) is 0 Å². The number of thiazole rings is 1. The normalized spacial score (nSPS) is 16.7. The molecular formula is C14H17N3O3S3. The molecule has 1 aliphatic heterocycles. The van der Waals surface area contributed by atoms with Gasteiger partial charge in [-0.1, -0.05) is 6.07 Å². The lowest BCUT2D eigenvalue weighted by atomic mass is 10.2. The van der Waals surface area contributed by atoms with Crippen LogP contribution in [0.4, 0.5) is 0 Å². The van der Waals surface area contributed by atoms with Crippen LogP contribution in [0.3, 0.4) is 0 Å². The lowest BCUT2D eigenvalue weighted by molar-refractivity contribution is -0.131. The van der Waals surface area contributed by atoms with Crippen molar-refractivity contribution in [1.82, 2.24) is 14.2 Å². The Morgan fingerprint density at radius 1 is 1.26 bits per heavy atom. The largest absolute Gasteiger partial charge is 0.340 e. The SMILES string of the molecule is CS(=O)(=O)N1CCN(C(=O)Cc2csc(-c3cccs3)n2)CC1. The van der Waals surface area contributed by atoms with Crippen LogP contribution in [0.15, 0.2) is 22.9 Å². The van der Waals surface area contributed by atoms with Crippen molar-refractivity contribution in [1.29, 1.82) is 0 Å². The molecule has 3 heterocycles. The summed E-state index contributed by atoms with van der Waals surface area (Å²) in [7, 11) is -3.17. The molecule has 0 radical (unpaired) electrons. The smallest absolute Gasteiger partial charge is 0.228 e. The van der Waals surface area contributed by atoms with Gasteiger partial charge in [0.2, 0.25) is 15.9 Å². The van der Waals surface area contributed by atoms with Gasteiger partial charge in [-0.15, -0.1) is 22.7 Å². The monoisotopic (exact) mass is 371 g/mol. The minimum atomic E-state index is -3.17. The van der Waals surface area contributed by atoms with Gasteiger partial charge in [0.1, 0.15) is 5.01 Å². The first kappa shape index (κ1) is 16.6. The molecule has 0 bridgehead atoms. The lowest BCUT2D eigenvalue weighted by Gasteiger charge is -2.33. The van der Waals surface area contributed by atoms with Crippen molar-refractivity contribution >= 4 is 38.6 Å². The molecule has 23 heavy (non-hydrogen) atoms.